The zero-order valence-corrected chi connectivity index (χ0v) is 20.7. The Morgan fingerprint density at radius 3 is 2.51 bits per heavy atom. The van der Waals surface area contributed by atoms with Crippen molar-refractivity contribution in [2.24, 2.45) is 0 Å². The molecule has 0 aliphatic carbocycles. The molecule has 186 valence electrons. The highest BCUT2D eigenvalue weighted by Gasteiger charge is 2.10. The Morgan fingerprint density at radius 1 is 0.946 bits per heavy atom. The number of rotatable bonds is 9. The van der Waals surface area contributed by atoms with E-state index in [9.17, 15) is 4.79 Å². The molecule has 0 saturated heterocycles. The molecule has 5 aromatic rings. The Labute approximate surface area is 214 Å². The maximum absolute atomic E-state index is 11.8. The standard InChI is InChI=1S/C30H27N3O4/c1-35-28-15-14-23(18-32-28)31-17-21(16-20-10-12-22(13-11-20)30(34)36-2)19-37-27-9-5-7-25-24-6-3-4-8-26(24)33-29(25)27/h3-16,18,31,33H,17,19H2,1-2H3. The van der Waals surface area contributed by atoms with Crippen LogP contribution in [0.4, 0.5) is 5.69 Å². The van der Waals surface area contributed by atoms with Crippen LogP contribution < -0.4 is 14.8 Å². The van der Waals surface area contributed by atoms with Crippen molar-refractivity contribution >= 4 is 39.5 Å². The number of aromatic nitrogens is 2. The zero-order valence-electron chi connectivity index (χ0n) is 20.7. The number of nitrogens with zero attached hydrogens (tertiary/aromatic N) is 1. The second-order valence-corrected chi connectivity index (χ2v) is 8.50. The summed E-state index contributed by atoms with van der Waals surface area (Å²) in [5.74, 6) is 0.979. The van der Waals surface area contributed by atoms with Gasteiger partial charge in [-0.2, -0.15) is 0 Å². The van der Waals surface area contributed by atoms with E-state index >= 15 is 0 Å². The number of methoxy groups -OCH3 is 2. The van der Waals surface area contributed by atoms with E-state index in [2.05, 4.69) is 39.6 Å². The van der Waals surface area contributed by atoms with Crippen LogP contribution in [-0.2, 0) is 4.74 Å². The van der Waals surface area contributed by atoms with Crippen LogP contribution in [0.5, 0.6) is 11.6 Å². The first-order valence-corrected chi connectivity index (χ1v) is 11.9. The number of esters is 1. The third kappa shape index (κ3) is 5.41. The van der Waals surface area contributed by atoms with Crippen molar-refractivity contribution in [2.45, 2.75) is 0 Å². The van der Waals surface area contributed by atoms with Crippen molar-refractivity contribution < 1.29 is 19.0 Å². The molecule has 0 unspecified atom stereocenters. The van der Waals surface area contributed by atoms with E-state index in [1.54, 1.807) is 25.4 Å². The van der Waals surface area contributed by atoms with Gasteiger partial charge in [0.2, 0.25) is 5.88 Å². The lowest BCUT2D eigenvalue weighted by atomic mass is 10.1. The molecule has 7 nitrogen and oxygen atoms in total. The molecule has 7 heteroatoms. The van der Waals surface area contributed by atoms with Gasteiger partial charge in [0.05, 0.1) is 37.2 Å². The van der Waals surface area contributed by atoms with Gasteiger partial charge in [0.15, 0.2) is 0 Å². The van der Waals surface area contributed by atoms with Gasteiger partial charge < -0.3 is 24.5 Å². The van der Waals surface area contributed by atoms with Crippen molar-refractivity contribution in [2.75, 3.05) is 32.7 Å². The molecule has 0 fully saturated rings. The number of carbonyl (C=O) groups excluding carboxylic acids is 1. The predicted octanol–water partition coefficient (Wildman–Crippen LogP) is 6.09. The molecule has 0 aliphatic heterocycles. The summed E-state index contributed by atoms with van der Waals surface area (Å²) < 4.78 is 16.3. The van der Waals surface area contributed by atoms with Gasteiger partial charge in [-0.15, -0.1) is 0 Å². The van der Waals surface area contributed by atoms with Gasteiger partial charge in [-0.05, 0) is 41.5 Å². The van der Waals surface area contributed by atoms with Gasteiger partial charge in [-0.25, -0.2) is 9.78 Å². The van der Waals surface area contributed by atoms with Gasteiger partial charge in [-0.3, -0.25) is 0 Å². The largest absolute Gasteiger partial charge is 0.487 e. The van der Waals surface area contributed by atoms with Gasteiger partial charge in [0.1, 0.15) is 12.4 Å². The summed E-state index contributed by atoms with van der Waals surface area (Å²) in [6.45, 7) is 0.902. The van der Waals surface area contributed by atoms with E-state index < -0.39 is 0 Å². The summed E-state index contributed by atoms with van der Waals surface area (Å²) in [5, 5.41) is 5.69. The van der Waals surface area contributed by atoms with E-state index in [0.29, 0.717) is 24.6 Å². The first-order chi connectivity index (χ1) is 18.1. The van der Waals surface area contributed by atoms with Crippen LogP contribution in [0.2, 0.25) is 0 Å². The SMILES string of the molecule is COC(=O)c1ccc(C=C(CNc2ccc(OC)nc2)COc2cccc3c2[nH]c2ccccc23)cc1. The van der Waals surface area contributed by atoms with Crippen LogP contribution in [0.15, 0.2) is 90.6 Å². The fourth-order valence-electron chi connectivity index (χ4n) is 4.17. The minimum Gasteiger partial charge on any atom is -0.487 e. The number of nitrogens with one attached hydrogen (secondary N) is 2. The number of anilines is 1. The highest BCUT2D eigenvalue weighted by molar-refractivity contribution is 6.09. The second kappa shape index (κ2) is 10.9. The zero-order chi connectivity index (χ0) is 25.6. The summed E-state index contributed by atoms with van der Waals surface area (Å²) in [6.07, 6.45) is 3.78. The smallest absolute Gasteiger partial charge is 0.337 e. The minimum absolute atomic E-state index is 0.362. The molecular weight excluding hydrogens is 466 g/mol. The number of carbonyl (C=O) groups is 1. The van der Waals surface area contributed by atoms with Gasteiger partial charge in [0.25, 0.3) is 0 Å². The molecule has 5 rings (SSSR count). The molecule has 2 heterocycles. The Kier molecular flexibility index (Phi) is 7.03. The van der Waals surface area contributed by atoms with Crippen molar-refractivity contribution in [3.8, 4) is 11.6 Å². The highest BCUT2D eigenvalue weighted by atomic mass is 16.5. The monoisotopic (exact) mass is 493 g/mol. The first-order valence-electron chi connectivity index (χ1n) is 11.9. The van der Waals surface area contributed by atoms with Crippen LogP contribution in [0.1, 0.15) is 15.9 Å². The maximum atomic E-state index is 11.8. The van der Waals surface area contributed by atoms with Crippen molar-refractivity contribution in [1.82, 2.24) is 9.97 Å². The molecule has 37 heavy (non-hydrogen) atoms. The van der Waals surface area contributed by atoms with Crippen LogP contribution in [0, 0.1) is 0 Å². The van der Waals surface area contributed by atoms with E-state index in [1.165, 1.54) is 7.11 Å². The summed E-state index contributed by atoms with van der Waals surface area (Å²) >= 11 is 0. The topological polar surface area (TPSA) is 85.5 Å². The number of ether oxygens (including phenoxy) is 3. The molecule has 0 spiro atoms. The maximum Gasteiger partial charge on any atom is 0.337 e. The summed E-state index contributed by atoms with van der Waals surface area (Å²) in [4.78, 5) is 19.5. The molecule has 0 bridgehead atoms. The molecule has 2 aromatic heterocycles. The van der Waals surface area contributed by atoms with Gasteiger partial charge in [0, 0.05) is 28.9 Å². The van der Waals surface area contributed by atoms with Crippen LogP contribution in [0.25, 0.3) is 27.9 Å². The van der Waals surface area contributed by atoms with Crippen LogP contribution in [0.3, 0.4) is 0 Å². The molecule has 0 amide bonds. The molecule has 0 aliphatic rings. The molecular formula is C30H27N3O4. The molecule has 2 N–H and O–H groups in total. The fourth-order valence-corrected chi connectivity index (χ4v) is 4.17. The number of aromatic amines is 1. The van der Waals surface area contributed by atoms with Crippen LogP contribution >= 0.6 is 0 Å². The van der Waals surface area contributed by atoms with E-state index in [0.717, 1.165) is 44.4 Å². The molecule has 0 atom stereocenters. The average molecular weight is 494 g/mol. The number of pyridine rings is 1. The number of H-pyrrole nitrogens is 1. The molecule has 0 saturated carbocycles. The van der Waals surface area contributed by atoms with Crippen molar-refractivity contribution in [3.05, 3.63) is 102 Å². The van der Waals surface area contributed by atoms with Crippen molar-refractivity contribution in [1.29, 1.82) is 0 Å². The number of fused-ring (bicyclic) bond motifs is 3. The van der Waals surface area contributed by atoms with Gasteiger partial charge in [-0.1, -0.05) is 48.5 Å². The summed E-state index contributed by atoms with van der Waals surface area (Å²) in [5.41, 5.74) is 5.37. The fraction of sp³-hybridized carbons (Fsp3) is 0.133. The summed E-state index contributed by atoms with van der Waals surface area (Å²) in [7, 11) is 2.96. The second-order valence-electron chi connectivity index (χ2n) is 8.50. The third-order valence-electron chi connectivity index (χ3n) is 6.08. The van der Waals surface area contributed by atoms with Crippen LogP contribution in [-0.4, -0.2) is 43.3 Å². The Balaban J connectivity index is 1.39. The number of hydrogen-bond donors (Lipinski definition) is 2. The Bertz CT molecular complexity index is 1550. The van der Waals surface area contributed by atoms with E-state index in [1.807, 2.05) is 48.5 Å². The normalized spacial score (nSPS) is 11.5. The summed E-state index contributed by atoms with van der Waals surface area (Å²) in [6, 6.07) is 25.3. The number of hydrogen-bond acceptors (Lipinski definition) is 6. The van der Waals surface area contributed by atoms with E-state index in [4.69, 9.17) is 14.2 Å². The lowest BCUT2D eigenvalue weighted by Gasteiger charge is -2.13. The molecule has 3 aromatic carbocycles. The quantitative estimate of drug-likeness (QED) is 0.242. The van der Waals surface area contributed by atoms with E-state index in [-0.39, 0.29) is 5.97 Å². The first kappa shape index (κ1) is 23.9. The Morgan fingerprint density at radius 2 is 1.76 bits per heavy atom. The number of benzene rings is 3. The van der Waals surface area contributed by atoms with Crippen molar-refractivity contribution in [3.63, 3.8) is 0 Å². The Hall–Kier alpha value is -4.78. The number of para-hydroxylation sites is 2. The lowest BCUT2D eigenvalue weighted by molar-refractivity contribution is 0.0600. The highest BCUT2D eigenvalue weighted by Crippen LogP contribution is 2.31. The molecule has 0 radical (unpaired) electrons. The minimum atomic E-state index is -0.362. The average Bonchev–Trinajstić information content (AvgIpc) is 3.34. The lowest BCUT2D eigenvalue weighted by Crippen LogP contribution is -2.12. The predicted molar refractivity (Wildman–Crippen MR) is 146 cm³/mol. The third-order valence-corrected chi connectivity index (χ3v) is 6.08. The van der Waals surface area contributed by atoms with Gasteiger partial charge >= 0.3 is 5.97 Å².